The Kier molecular flexibility index (Phi) is 5.94. The molecule has 2 aromatic rings. The highest BCUT2D eigenvalue weighted by Gasteiger charge is 2.19. The number of hydrogen-bond acceptors (Lipinski definition) is 4. The van der Waals surface area contributed by atoms with E-state index in [1.54, 1.807) is 0 Å². The Balaban J connectivity index is 1.55. The van der Waals surface area contributed by atoms with Crippen LogP contribution < -0.4 is 15.1 Å². The average Bonchev–Trinajstić information content (AvgIpc) is 2.70. The van der Waals surface area contributed by atoms with Gasteiger partial charge in [-0.2, -0.15) is 0 Å². The molecule has 2 heterocycles. The number of rotatable bonds is 4. The molecular formula is C20H28N6. The maximum atomic E-state index is 4.47. The van der Waals surface area contributed by atoms with Crippen molar-refractivity contribution in [1.29, 1.82) is 0 Å². The van der Waals surface area contributed by atoms with Gasteiger partial charge in [-0.25, -0.2) is 4.98 Å². The number of benzene rings is 1. The molecule has 6 nitrogen and oxygen atoms in total. The van der Waals surface area contributed by atoms with Gasteiger partial charge in [0.05, 0.1) is 0 Å². The zero-order valence-corrected chi connectivity index (χ0v) is 15.9. The first-order chi connectivity index (χ1) is 12.7. The summed E-state index contributed by atoms with van der Waals surface area (Å²) in [4.78, 5) is 15.6. The normalized spacial score (nSPS) is 15.1. The third-order valence-electron chi connectivity index (χ3n) is 4.63. The minimum atomic E-state index is 0.745. The fraction of sp³-hybridized carbons (Fsp3) is 0.400. The molecule has 1 aliphatic rings. The van der Waals surface area contributed by atoms with Crippen LogP contribution in [-0.4, -0.2) is 63.2 Å². The molecule has 1 aliphatic heterocycles. The van der Waals surface area contributed by atoms with E-state index in [0.29, 0.717) is 0 Å². The van der Waals surface area contributed by atoms with Gasteiger partial charge in [-0.05, 0) is 29.8 Å². The second-order valence-electron chi connectivity index (χ2n) is 6.63. The zero-order chi connectivity index (χ0) is 18.4. The third kappa shape index (κ3) is 4.45. The van der Waals surface area contributed by atoms with Crippen molar-refractivity contribution >= 4 is 17.5 Å². The van der Waals surface area contributed by atoms with Gasteiger partial charge in [0, 0.05) is 65.8 Å². The van der Waals surface area contributed by atoms with Crippen LogP contribution in [0.5, 0.6) is 0 Å². The van der Waals surface area contributed by atoms with Gasteiger partial charge in [-0.15, -0.1) is 0 Å². The first-order valence-electron chi connectivity index (χ1n) is 9.05. The lowest BCUT2D eigenvalue weighted by atomic mass is 10.2. The van der Waals surface area contributed by atoms with Gasteiger partial charge in [0.15, 0.2) is 5.96 Å². The second kappa shape index (κ2) is 8.56. The van der Waals surface area contributed by atoms with Crippen LogP contribution in [0.4, 0.5) is 11.5 Å². The van der Waals surface area contributed by atoms with Crippen LogP contribution in [0.15, 0.2) is 53.7 Å². The number of nitrogens with one attached hydrogen (secondary N) is 1. The number of pyridine rings is 1. The van der Waals surface area contributed by atoms with Crippen LogP contribution in [-0.2, 0) is 6.54 Å². The Morgan fingerprint density at radius 1 is 1.12 bits per heavy atom. The molecule has 6 heteroatoms. The molecule has 0 spiro atoms. The zero-order valence-electron chi connectivity index (χ0n) is 15.9. The van der Waals surface area contributed by atoms with Crippen LogP contribution in [0.1, 0.15) is 5.56 Å². The molecule has 0 amide bonds. The van der Waals surface area contributed by atoms with Crippen molar-refractivity contribution in [2.24, 2.45) is 4.99 Å². The summed E-state index contributed by atoms with van der Waals surface area (Å²) in [6.45, 7) is 4.69. The van der Waals surface area contributed by atoms with E-state index in [4.69, 9.17) is 0 Å². The van der Waals surface area contributed by atoms with Gasteiger partial charge in [0.25, 0.3) is 0 Å². The first kappa shape index (κ1) is 18.0. The van der Waals surface area contributed by atoms with Crippen molar-refractivity contribution in [3.05, 3.63) is 54.2 Å². The van der Waals surface area contributed by atoms with Gasteiger partial charge in [-0.1, -0.05) is 18.2 Å². The summed E-state index contributed by atoms with van der Waals surface area (Å²) in [5.74, 6) is 1.93. The lowest BCUT2D eigenvalue weighted by Gasteiger charge is -2.37. The molecule has 138 valence electrons. The van der Waals surface area contributed by atoms with E-state index >= 15 is 0 Å². The lowest BCUT2D eigenvalue weighted by Crippen LogP contribution is -2.52. The van der Waals surface area contributed by atoms with Crippen LogP contribution in [0.3, 0.4) is 0 Å². The summed E-state index contributed by atoms with van der Waals surface area (Å²) >= 11 is 0. The number of guanidine groups is 1. The average molecular weight is 352 g/mol. The first-order valence-corrected chi connectivity index (χ1v) is 9.05. The lowest BCUT2D eigenvalue weighted by molar-refractivity contribution is 0.372. The summed E-state index contributed by atoms with van der Waals surface area (Å²) in [6, 6.07) is 14.8. The third-order valence-corrected chi connectivity index (χ3v) is 4.63. The maximum absolute atomic E-state index is 4.47. The quantitative estimate of drug-likeness (QED) is 0.674. The molecule has 0 bridgehead atoms. The molecule has 1 saturated heterocycles. The second-order valence-corrected chi connectivity index (χ2v) is 6.63. The molecule has 0 aliphatic carbocycles. The van der Waals surface area contributed by atoms with Gasteiger partial charge in [0.2, 0.25) is 0 Å². The summed E-state index contributed by atoms with van der Waals surface area (Å²) in [5, 5.41) is 3.49. The monoisotopic (exact) mass is 352 g/mol. The summed E-state index contributed by atoms with van der Waals surface area (Å²) in [5.41, 5.74) is 2.50. The van der Waals surface area contributed by atoms with E-state index in [1.165, 1.54) is 11.3 Å². The maximum Gasteiger partial charge on any atom is 0.194 e. The number of piperazine rings is 1. The predicted molar refractivity (Wildman–Crippen MR) is 109 cm³/mol. The van der Waals surface area contributed by atoms with Crippen molar-refractivity contribution in [2.75, 3.05) is 57.1 Å². The number of nitrogens with zero attached hydrogens (tertiary/aromatic N) is 5. The fourth-order valence-electron chi connectivity index (χ4n) is 3.14. The van der Waals surface area contributed by atoms with Gasteiger partial charge >= 0.3 is 0 Å². The van der Waals surface area contributed by atoms with E-state index < -0.39 is 0 Å². The van der Waals surface area contributed by atoms with Gasteiger partial charge in [0.1, 0.15) is 5.82 Å². The Bertz CT molecular complexity index is 720. The molecular weight excluding hydrogens is 324 g/mol. The molecule has 1 aromatic heterocycles. The number of hydrogen-bond donors (Lipinski definition) is 1. The minimum Gasteiger partial charge on any atom is -0.368 e. The molecule has 1 aromatic carbocycles. The summed E-state index contributed by atoms with van der Waals surface area (Å²) < 4.78 is 0. The Labute approximate surface area is 156 Å². The van der Waals surface area contributed by atoms with E-state index in [0.717, 1.165) is 44.5 Å². The largest absolute Gasteiger partial charge is 0.368 e. The Morgan fingerprint density at radius 2 is 1.85 bits per heavy atom. The van der Waals surface area contributed by atoms with E-state index in [2.05, 4.69) is 61.5 Å². The smallest absolute Gasteiger partial charge is 0.194 e. The number of para-hydroxylation sites is 1. The molecule has 0 unspecified atom stereocenters. The van der Waals surface area contributed by atoms with Crippen LogP contribution in [0.25, 0.3) is 0 Å². The fourth-order valence-corrected chi connectivity index (χ4v) is 3.14. The highest BCUT2D eigenvalue weighted by Crippen LogP contribution is 2.15. The van der Waals surface area contributed by atoms with Crippen LogP contribution in [0.2, 0.25) is 0 Å². The van der Waals surface area contributed by atoms with Crippen molar-refractivity contribution in [2.45, 2.75) is 6.54 Å². The van der Waals surface area contributed by atoms with Crippen LogP contribution >= 0.6 is 0 Å². The van der Waals surface area contributed by atoms with Crippen molar-refractivity contribution in [1.82, 2.24) is 15.2 Å². The van der Waals surface area contributed by atoms with Crippen molar-refractivity contribution < 1.29 is 0 Å². The molecule has 1 N–H and O–H groups in total. The predicted octanol–water partition coefficient (Wildman–Crippen LogP) is 2.05. The SMILES string of the molecule is CN=C(NCc1ccnc(N(C)C)c1)N1CCN(c2ccccc2)CC1. The van der Waals surface area contributed by atoms with Gasteiger partial charge in [-0.3, -0.25) is 4.99 Å². The summed E-state index contributed by atoms with van der Waals surface area (Å²) in [7, 11) is 5.86. The number of aliphatic imine (C=N–C) groups is 1. The molecule has 0 atom stereocenters. The molecule has 0 radical (unpaired) electrons. The Hall–Kier alpha value is -2.76. The molecule has 1 fully saturated rings. The van der Waals surface area contributed by atoms with Crippen LogP contribution in [0, 0.1) is 0 Å². The standard InChI is InChI=1S/C20H28N6/c1-21-20(23-16-17-9-10-22-19(15-17)24(2)3)26-13-11-25(12-14-26)18-7-5-4-6-8-18/h4-10,15H,11-14,16H2,1-3H3,(H,21,23). The van der Waals surface area contributed by atoms with E-state index in [9.17, 15) is 0 Å². The highest BCUT2D eigenvalue weighted by molar-refractivity contribution is 5.80. The topological polar surface area (TPSA) is 47.0 Å². The number of anilines is 2. The molecule has 0 saturated carbocycles. The summed E-state index contributed by atoms with van der Waals surface area (Å²) in [6.07, 6.45) is 1.85. The molecule has 26 heavy (non-hydrogen) atoms. The Morgan fingerprint density at radius 3 is 2.50 bits per heavy atom. The van der Waals surface area contributed by atoms with Crippen molar-refractivity contribution in [3.63, 3.8) is 0 Å². The van der Waals surface area contributed by atoms with Crippen molar-refractivity contribution in [3.8, 4) is 0 Å². The number of aromatic nitrogens is 1. The minimum absolute atomic E-state index is 0.745. The van der Waals surface area contributed by atoms with E-state index in [-0.39, 0.29) is 0 Å². The van der Waals surface area contributed by atoms with E-state index in [1.807, 2.05) is 38.3 Å². The van der Waals surface area contributed by atoms with Gasteiger partial charge < -0.3 is 20.0 Å². The highest BCUT2D eigenvalue weighted by atomic mass is 15.3. The molecule has 3 rings (SSSR count).